The highest BCUT2D eigenvalue weighted by molar-refractivity contribution is 5.78. The molecule has 1 saturated carbocycles. The Bertz CT molecular complexity index is 653. The lowest BCUT2D eigenvalue weighted by Gasteiger charge is -2.41. The normalized spacial score (nSPS) is 22.6. The van der Waals surface area contributed by atoms with E-state index in [9.17, 15) is 4.79 Å². The quantitative estimate of drug-likeness (QED) is 0.823. The monoisotopic (exact) mass is 342 g/mol. The van der Waals surface area contributed by atoms with Crippen LogP contribution < -0.4 is 9.47 Å². The number of nitrogens with zero attached hydrogens (tertiary/aromatic N) is 2. The molecule has 1 heterocycles. The molecule has 0 aromatic heterocycles. The van der Waals surface area contributed by atoms with Gasteiger partial charge in [-0.15, -0.1) is 0 Å². The van der Waals surface area contributed by atoms with Crippen molar-refractivity contribution >= 4 is 5.91 Å². The standard InChI is InChI=1S/C20H26N2O3/c1-2-24-19-11-15(12-21)7-8-18(19)25-14-20(23)22-10-9-16-5-3-4-6-17(16)13-22/h7-8,11,16-17H,2-6,9-10,13-14H2,1H3/t16-,17-/m0/s1. The Kier molecular flexibility index (Phi) is 5.80. The van der Waals surface area contributed by atoms with Gasteiger partial charge in [0.15, 0.2) is 18.1 Å². The molecule has 1 amide bonds. The fourth-order valence-electron chi connectivity index (χ4n) is 4.02. The van der Waals surface area contributed by atoms with Crippen LogP contribution in [0.25, 0.3) is 0 Å². The van der Waals surface area contributed by atoms with Gasteiger partial charge in [-0.3, -0.25) is 4.79 Å². The van der Waals surface area contributed by atoms with Crippen molar-refractivity contribution in [3.63, 3.8) is 0 Å². The molecule has 0 spiro atoms. The summed E-state index contributed by atoms with van der Waals surface area (Å²) in [6, 6.07) is 7.11. The van der Waals surface area contributed by atoms with E-state index in [-0.39, 0.29) is 12.5 Å². The van der Waals surface area contributed by atoms with Crippen molar-refractivity contribution in [2.24, 2.45) is 11.8 Å². The third-order valence-electron chi connectivity index (χ3n) is 5.37. The molecule has 0 bridgehead atoms. The van der Waals surface area contributed by atoms with Gasteiger partial charge in [-0.25, -0.2) is 0 Å². The fraction of sp³-hybridized carbons (Fsp3) is 0.600. The van der Waals surface area contributed by atoms with Crippen LogP contribution in [0.5, 0.6) is 11.5 Å². The Balaban J connectivity index is 1.58. The van der Waals surface area contributed by atoms with E-state index < -0.39 is 0 Å². The van der Waals surface area contributed by atoms with E-state index >= 15 is 0 Å². The molecular formula is C20H26N2O3. The number of hydrogen-bond donors (Lipinski definition) is 0. The van der Waals surface area contributed by atoms with Crippen LogP contribution in [0.2, 0.25) is 0 Å². The highest BCUT2D eigenvalue weighted by atomic mass is 16.5. The minimum absolute atomic E-state index is 0.0172. The predicted octanol–water partition coefficient (Wildman–Crippen LogP) is 3.37. The van der Waals surface area contributed by atoms with Gasteiger partial charge >= 0.3 is 0 Å². The van der Waals surface area contributed by atoms with Gasteiger partial charge in [0.1, 0.15) is 0 Å². The molecule has 2 fully saturated rings. The van der Waals surface area contributed by atoms with Crippen LogP contribution in [0, 0.1) is 23.2 Å². The molecule has 0 unspecified atom stereocenters. The fourth-order valence-corrected chi connectivity index (χ4v) is 4.02. The molecule has 1 saturated heterocycles. The van der Waals surface area contributed by atoms with Gasteiger partial charge in [0.25, 0.3) is 5.91 Å². The summed E-state index contributed by atoms with van der Waals surface area (Å²) >= 11 is 0. The third-order valence-corrected chi connectivity index (χ3v) is 5.37. The lowest BCUT2D eigenvalue weighted by atomic mass is 9.75. The van der Waals surface area contributed by atoms with Gasteiger partial charge in [0.05, 0.1) is 18.2 Å². The van der Waals surface area contributed by atoms with Crippen molar-refractivity contribution < 1.29 is 14.3 Å². The zero-order valence-corrected chi connectivity index (χ0v) is 14.9. The number of benzene rings is 1. The van der Waals surface area contributed by atoms with E-state index in [2.05, 4.69) is 6.07 Å². The Morgan fingerprint density at radius 2 is 2.00 bits per heavy atom. The van der Waals surface area contributed by atoms with Crippen LogP contribution >= 0.6 is 0 Å². The molecule has 1 aliphatic heterocycles. The molecule has 1 aliphatic carbocycles. The highest BCUT2D eigenvalue weighted by Crippen LogP contribution is 2.36. The zero-order chi connectivity index (χ0) is 17.6. The number of likely N-dealkylation sites (tertiary alicyclic amines) is 1. The summed E-state index contributed by atoms with van der Waals surface area (Å²) in [5.41, 5.74) is 0.515. The second-order valence-electron chi connectivity index (χ2n) is 6.93. The smallest absolute Gasteiger partial charge is 0.260 e. The van der Waals surface area contributed by atoms with Crippen molar-refractivity contribution in [1.29, 1.82) is 5.26 Å². The number of carbonyl (C=O) groups is 1. The number of ether oxygens (including phenoxy) is 2. The van der Waals surface area contributed by atoms with Crippen LogP contribution in [0.15, 0.2) is 18.2 Å². The number of hydrogen-bond acceptors (Lipinski definition) is 4. The van der Waals surface area contributed by atoms with Crippen LogP contribution in [0.4, 0.5) is 0 Å². The first-order chi connectivity index (χ1) is 12.2. The molecule has 0 N–H and O–H groups in total. The first-order valence-electron chi connectivity index (χ1n) is 9.28. The van der Waals surface area contributed by atoms with E-state index in [0.717, 1.165) is 25.4 Å². The highest BCUT2D eigenvalue weighted by Gasteiger charge is 2.32. The van der Waals surface area contributed by atoms with Crippen molar-refractivity contribution in [3.05, 3.63) is 23.8 Å². The average molecular weight is 342 g/mol. The van der Waals surface area contributed by atoms with E-state index in [1.165, 1.54) is 25.7 Å². The summed E-state index contributed by atoms with van der Waals surface area (Å²) in [6.07, 6.45) is 6.34. The van der Waals surface area contributed by atoms with Gasteiger partial charge in [0, 0.05) is 19.2 Å². The number of fused-ring (bicyclic) bond motifs is 1. The molecule has 2 atom stereocenters. The molecule has 1 aromatic rings. The van der Waals surface area contributed by atoms with E-state index in [1.54, 1.807) is 18.2 Å². The van der Waals surface area contributed by atoms with Gasteiger partial charge in [-0.05, 0) is 43.7 Å². The largest absolute Gasteiger partial charge is 0.490 e. The molecule has 134 valence electrons. The summed E-state index contributed by atoms with van der Waals surface area (Å²) in [4.78, 5) is 14.5. The summed E-state index contributed by atoms with van der Waals surface area (Å²) in [7, 11) is 0. The maximum Gasteiger partial charge on any atom is 0.260 e. The van der Waals surface area contributed by atoms with Crippen LogP contribution in [-0.4, -0.2) is 37.1 Å². The zero-order valence-electron chi connectivity index (χ0n) is 14.9. The summed E-state index contributed by atoms with van der Waals surface area (Å²) in [5.74, 6) is 2.54. The van der Waals surface area contributed by atoms with Crippen LogP contribution in [-0.2, 0) is 4.79 Å². The first-order valence-corrected chi connectivity index (χ1v) is 9.28. The number of piperidine rings is 1. The summed E-state index contributed by atoms with van der Waals surface area (Å²) in [5, 5.41) is 9.00. The molecule has 2 aliphatic rings. The second kappa shape index (κ2) is 8.24. The summed E-state index contributed by atoms with van der Waals surface area (Å²) < 4.78 is 11.2. The molecule has 0 radical (unpaired) electrons. The van der Waals surface area contributed by atoms with Crippen molar-refractivity contribution in [2.45, 2.75) is 39.0 Å². The summed E-state index contributed by atoms with van der Waals surface area (Å²) in [6.45, 7) is 4.09. The van der Waals surface area contributed by atoms with Gasteiger partial charge in [-0.2, -0.15) is 5.26 Å². The lowest BCUT2D eigenvalue weighted by Crippen LogP contribution is -2.46. The molecular weight excluding hydrogens is 316 g/mol. The molecule has 25 heavy (non-hydrogen) atoms. The SMILES string of the molecule is CCOc1cc(C#N)ccc1OCC(=O)N1CC[C@@H]2CCCC[C@H]2C1. The Labute approximate surface area is 149 Å². The topological polar surface area (TPSA) is 62.6 Å². The minimum atomic E-state index is 0.0172. The Morgan fingerprint density at radius 1 is 1.20 bits per heavy atom. The van der Waals surface area contributed by atoms with E-state index in [1.807, 2.05) is 11.8 Å². The molecule has 5 nitrogen and oxygen atoms in total. The minimum Gasteiger partial charge on any atom is -0.490 e. The van der Waals surface area contributed by atoms with Crippen molar-refractivity contribution in [2.75, 3.05) is 26.3 Å². The number of amides is 1. The second-order valence-corrected chi connectivity index (χ2v) is 6.93. The number of rotatable bonds is 5. The van der Waals surface area contributed by atoms with Crippen LogP contribution in [0.1, 0.15) is 44.6 Å². The van der Waals surface area contributed by atoms with Gasteiger partial charge < -0.3 is 14.4 Å². The lowest BCUT2D eigenvalue weighted by molar-refractivity contribution is -0.136. The van der Waals surface area contributed by atoms with Crippen molar-refractivity contribution in [1.82, 2.24) is 4.90 Å². The number of carbonyl (C=O) groups excluding carboxylic acids is 1. The number of nitriles is 1. The Morgan fingerprint density at radius 3 is 2.76 bits per heavy atom. The predicted molar refractivity (Wildman–Crippen MR) is 94.5 cm³/mol. The first kappa shape index (κ1) is 17.6. The molecule has 3 rings (SSSR count). The molecule has 5 heteroatoms. The van der Waals surface area contributed by atoms with Gasteiger partial charge in [0.2, 0.25) is 0 Å². The van der Waals surface area contributed by atoms with Crippen LogP contribution in [0.3, 0.4) is 0 Å². The maximum absolute atomic E-state index is 12.5. The Hall–Kier alpha value is -2.22. The maximum atomic E-state index is 12.5. The van der Waals surface area contributed by atoms with Crippen molar-refractivity contribution in [3.8, 4) is 17.6 Å². The average Bonchev–Trinajstić information content (AvgIpc) is 2.66. The third kappa shape index (κ3) is 4.25. The molecule has 1 aromatic carbocycles. The van der Waals surface area contributed by atoms with E-state index in [4.69, 9.17) is 14.7 Å². The van der Waals surface area contributed by atoms with E-state index in [0.29, 0.717) is 29.6 Å². The van der Waals surface area contributed by atoms with Gasteiger partial charge in [-0.1, -0.05) is 19.3 Å².